The van der Waals surface area contributed by atoms with E-state index < -0.39 is 0 Å². The van der Waals surface area contributed by atoms with Gasteiger partial charge in [-0.1, -0.05) is 35.9 Å². The van der Waals surface area contributed by atoms with Crippen molar-refractivity contribution in [3.05, 3.63) is 58.6 Å². The number of aryl methyl sites for hydroxylation is 1. The van der Waals surface area contributed by atoms with Crippen LogP contribution in [-0.2, 0) is 6.54 Å². The molecule has 5 heteroatoms. The number of nitrogens with zero attached hydrogens (tertiary/aromatic N) is 3. The fourth-order valence-electron chi connectivity index (χ4n) is 1.76. The van der Waals surface area contributed by atoms with Gasteiger partial charge in [0.15, 0.2) is 0 Å². The molecule has 0 saturated carbocycles. The summed E-state index contributed by atoms with van der Waals surface area (Å²) in [4.78, 5) is 21.6. The lowest BCUT2D eigenvalue weighted by molar-refractivity contribution is 0.0778. The molecule has 0 atom stereocenters. The van der Waals surface area contributed by atoms with Crippen LogP contribution in [0.3, 0.4) is 0 Å². The molecule has 0 spiro atoms. The van der Waals surface area contributed by atoms with Gasteiger partial charge in [-0.3, -0.25) is 9.78 Å². The third-order valence-corrected chi connectivity index (χ3v) is 3.02. The van der Waals surface area contributed by atoms with Crippen molar-refractivity contribution in [2.75, 3.05) is 7.05 Å². The first-order chi connectivity index (χ1) is 9.08. The summed E-state index contributed by atoms with van der Waals surface area (Å²) < 4.78 is 0. The van der Waals surface area contributed by atoms with Crippen LogP contribution >= 0.6 is 11.6 Å². The van der Waals surface area contributed by atoms with Crippen LogP contribution in [0.5, 0.6) is 0 Å². The third kappa shape index (κ3) is 3.29. The SMILES string of the molecule is Cc1ccccc1CN(C)C(=O)c1cncc(Cl)n1. The standard InChI is InChI=1S/C14H14ClN3O/c1-10-5-3-4-6-11(10)9-18(2)14(19)12-7-16-8-13(15)17-12/h3-8H,9H2,1-2H3. The first-order valence-electron chi connectivity index (χ1n) is 5.85. The van der Waals surface area contributed by atoms with E-state index in [4.69, 9.17) is 11.6 Å². The molecule has 0 saturated heterocycles. The van der Waals surface area contributed by atoms with Crippen LogP contribution in [-0.4, -0.2) is 27.8 Å². The summed E-state index contributed by atoms with van der Waals surface area (Å²) in [6.45, 7) is 2.55. The molecular formula is C14H14ClN3O. The van der Waals surface area contributed by atoms with Crippen LogP contribution in [0.2, 0.25) is 5.15 Å². The van der Waals surface area contributed by atoms with Gasteiger partial charge >= 0.3 is 0 Å². The van der Waals surface area contributed by atoms with E-state index in [1.165, 1.54) is 12.4 Å². The minimum absolute atomic E-state index is 0.196. The summed E-state index contributed by atoms with van der Waals surface area (Å²) in [5.74, 6) is -0.196. The molecule has 2 rings (SSSR count). The number of carbonyl (C=O) groups is 1. The van der Waals surface area contributed by atoms with E-state index in [-0.39, 0.29) is 16.8 Å². The Morgan fingerprint density at radius 3 is 2.74 bits per heavy atom. The largest absolute Gasteiger partial charge is 0.336 e. The summed E-state index contributed by atoms with van der Waals surface area (Å²) >= 11 is 5.73. The molecule has 4 nitrogen and oxygen atoms in total. The van der Waals surface area contributed by atoms with Crippen molar-refractivity contribution in [2.45, 2.75) is 13.5 Å². The normalized spacial score (nSPS) is 10.3. The van der Waals surface area contributed by atoms with Crippen LogP contribution < -0.4 is 0 Å². The number of aromatic nitrogens is 2. The Hall–Kier alpha value is -1.94. The Bertz CT molecular complexity index is 601. The molecule has 98 valence electrons. The summed E-state index contributed by atoms with van der Waals surface area (Å²) in [5, 5.41) is 0.218. The van der Waals surface area contributed by atoms with E-state index in [1.54, 1.807) is 11.9 Å². The summed E-state index contributed by atoms with van der Waals surface area (Å²) in [6, 6.07) is 7.96. The predicted molar refractivity (Wildman–Crippen MR) is 74.0 cm³/mol. The third-order valence-electron chi connectivity index (χ3n) is 2.84. The molecule has 0 fully saturated rings. The molecule has 19 heavy (non-hydrogen) atoms. The van der Waals surface area contributed by atoms with Crippen LogP contribution in [0, 0.1) is 6.92 Å². The van der Waals surface area contributed by atoms with Gasteiger partial charge in [0.2, 0.25) is 0 Å². The predicted octanol–water partition coefficient (Wildman–Crippen LogP) is 2.71. The van der Waals surface area contributed by atoms with Crippen molar-refractivity contribution in [1.82, 2.24) is 14.9 Å². The average Bonchev–Trinajstić information content (AvgIpc) is 2.40. The van der Waals surface area contributed by atoms with Crippen molar-refractivity contribution in [3.8, 4) is 0 Å². The maximum absolute atomic E-state index is 12.2. The molecule has 0 unspecified atom stereocenters. The molecule has 1 amide bonds. The van der Waals surface area contributed by atoms with E-state index in [1.807, 2.05) is 31.2 Å². The van der Waals surface area contributed by atoms with Gasteiger partial charge in [0.1, 0.15) is 10.8 Å². The van der Waals surface area contributed by atoms with Crippen molar-refractivity contribution < 1.29 is 4.79 Å². The lowest BCUT2D eigenvalue weighted by atomic mass is 10.1. The van der Waals surface area contributed by atoms with E-state index in [0.717, 1.165) is 11.1 Å². The molecule has 2 aromatic rings. The second-order valence-corrected chi connectivity index (χ2v) is 4.70. The molecule has 0 aliphatic heterocycles. The van der Waals surface area contributed by atoms with Crippen molar-refractivity contribution >= 4 is 17.5 Å². The van der Waals surface area contributed by atoms with Gasteiger partial charge < -0.3 is 4.90 Å². The lowest BCUT2D eigenvalue weighted by Gasteiger charge is -2.17. The smallest absolute Gasteiger partial charge is 0.274 e. The number of rotatable bonds is 3. The van der Waals surface area contributed by atoms with Crippen molar-refractivity contribution in [3.63, 3.8) is 0 Å². The Labute approximate surface area is 117 Å². The Balaban J connectivity index is 2.14. The molecule has 1 aromatic heterocycles. The number of benzene rings is 1. The number of hydrogen-bond acceptors (Lipinski definition) is 3. The highest BCUT2D eigenvalue weighted by Crippen LogP contribution is 2.11. The lowest BCUT2D eigenvalue weighted by Crippen LogP contribution is -2.27. The molecule has 0 N–H and O–H groups in total. The highest BCUT2D eigenvalue weighted by Gasteiger charge is 2.14. The van der Waals surface area contributed by atoms with Gasteiger partial charge in [0.25, 0.3) is 5.91 Å². The van der Waals surface area contributed by atoms with Crippen molar-refractivity contribution in [2.24, 2.45) is 0 Å². The number of halogens is 1. The van der Waals surface area contributed by atoms with Crippen LogP contribution in [0.25, 0.3) is 0 Å². The minimum atomic E-state index is -0.196. The van der Waals surface area contributed by atoms with E-state index in [0.29, 0.717) is 6.54 Å². The number of amides is 1. The summed E-state index contributed by atoms with van der Waals surface area (Å²) in [5.41, 5.74) is 2.51. The molecule has 0 bridgehead atoms. The fourth-order valence-corrected chi connectivity index (χ4v) is 1.90. The number of carbonyl (C=O) groups excluding carboxylic acids is 1. The van der Waals surface area contributed by atoms with Gasteiger partial charge in [-0.15, -0.1) is 0 Å². The maximum Gasteiger partial charge on any atom is 0.274 e. The summed E-state index contributed by atoms with van der Waals surface area (Å²) in [7, 11) is 1.73. The zero-order valence-electron chi connectivity index (χ0n) is 10.8. The minimum Gasteiger partial charge on any atom is -0.336 e. The van der Waals surface area contributed by atoms with Crippen LogP contribution in [0.4, 0.5) is 0 Å². The first kappa shape index (κ1) is 13.5. The van der Waals surface area contributed by atoms with Gasteiger partial charge in [-0.2, -0.15) is 0 Å². The fraction of sp³-hybridized carbons (Fsp3) is 0.214. The van der Waals surface area contributed by atoms with Gasteiger partial charge in [-0.05, 0) is 18.1 Å². The van der Waals surface area contributed by atoms with Gasteiger partial charge in [0.05, 0.1) is 12.4 Å². The average molecular weight is 276 g/mol. The van der Waals surface area contributed by atoms with Gasteiger partial charge in [-0.25, -0.2) is 4.98 Å². The maximum atomic E-state index is 12.2. The van der Waals surface area contributed by atoms with Crippen LogP contribution in [0.15, 0.2) is 36.7 Å². The van der Waals surface area contributed by atoms with E-state index >= 15 is 0 Å². The molecule has 1 heterocycles. The molecule has 1 aromatic carbocycles. The zero-order valence-corrected chi connectivity index (χ0v) is 11.6. The highest BCUT2D eigenvalue weighted by atomic mass is 35.5. The Morgan fingerprint density at radius 2 is 2.05 bits per heavy atom. The second-order valence-electron chi connectivity index (χ2n) is 4.31. The molecule has 0 aliphatic carbocycles. The highest BCUT2D eigenvalue weighted by molar-refractivity contribution is 6.29. The zero-order chi connectivity index (χ0) is 13.8. The topological polar surface area (TPSA) is 46.1 Å². The monoisotopic (exact) mass is 275 g/mol. The molecular weight excluding hydrogens is 262 g/mol. The molecule has 0 aliphatic rings. The quantitative estimate of drug-likeness (QED) is 0.865. The Kier molecular flexibility index (Phi) is 4.12. The van der Waals surface area contributed by atoms with Crippen molar-refractivity contribution in [1.29, 1.82) is 0 Å². The van der Waals surface area contributed by atoms with Gasteiger partial charge in [0, 0.05) is 13.6 Å². The summed E-state index contributed by atoms with van der Waals surface area (Å²) in [6.07, 6.45) is 2.82. The molecule has 0 radical (unpaired) electrons. The van der Waals surface area contributed by atoms with E-state index in [2.05, 4.69) is 9.97 Å². The van der Waals surface area contributed by atoms with Crippen LogP contribution in [0.1, 0.15) is 21.6 Å². The second kappa shape index (κ2) is 5.80. The number of hydrogen-bond donors (Lipinski definition) is 0. The Morgan fingerprint density at radius 1 is 1.32 bits per heavy atom. The first-order valence-corrected chi connectivity index (χ1v) is 6.23. The van der Waals surface area contributed by atoms with E-state index in [9.17, 15) is 4.79 Å².